The zero-order chi connectivity index (χ0) is 10.6. The van der Waals surface area contributed by atoms with E-state index in [0.29, 0.717) is 0 Å². The molecule has 0 N–H and O–H groups in total. The third-order valence-corrected chi connectivity index (χ3v) is 6.34. The third-order valence-electron chi connectivity index (χ3n) is 3.06. The van der Waals surface area contributed by atoms with Gasteiger partial charge in [0.05, 0.1) is 11.6 Å². The molecule has 4 nitrogen and oxygen atoms in total. The van der Waals surface area contributed by atoms with E-state index in [1.54, 1.807) is 28.4 Å². The summed E-state index contributed by atoms with van der Waals surface area (Å²) in [5, 5.41) is 0. The largest absolute Gasteiger partial charge is 0.506 e. The molecule has 0 aliphatic heterocycles. The molecule has 5 heteroatoms. The molecule has 0 heterocycles. The van der Waals surface area contributed by atoms with Gasteiger partial charge in [0.25, 0.3) is 0 Å². The predicted octanol–water partition coefficient (Wildman–Crippen LogP) is 1.43. The molecule has 1 aliphatic carbocycles. The van der Waals surface area contributed by atoms with Crippen molar-refractivity contribution in [2.24, 2.45) is 0 Å². The van der Waals surface area contributed by atoms with Crippen LogP contribution >= 0.6 is 0 Å². The Balaban J connectivity index is 2.76. The average Bonchev–Trinajstić information content (AvgIpc) is 2.70. The van der Waals surface area contributed by atoms with E-state index < -0.39 is 8.80 Å². The van der Waals surface area contributed by atoms with Crippen LogP contribution in [0.15, 0.2) is 0 Å². The number of ether oxygens (including phenoxy) is 1. The van der Waals surface area contributed by atoms with E-state index in [2.05, 4.69) is 0 Å². The Morgan fingerprint density at radius 1 is 0.929 bits per heavy atom. The van der Waals surface area contributed by atoms with Gasteiger partial charge in [-0.25, -0.2) is 0 Å². The van der Waals surface area contributed by atoms with Crippen molar-refractivity contribution in [3.63, 3.8) is 0 Å². The van der Waals surface area contributed by atoms with Crippen LogP contribution in [-0.4, -0.2) is 43.3 Å². The third kappa shape index (κ3) is 2.01. The zero-order valence-corrected chi connectivity index (χ0v) is 10.4. The molecular weight excluding hydrogens is 200 g/mol. The van der Waals surface area contributed by atoms with Crippen molar-refractivity contribution in [1.29, 1.82) is 0 Å². The smallest absolute Gasteiger partial charge is 0.381 e. The summed E-state index contributed by atoms with van der Waals surface area (Å²) in [5.41, 5.74) is 0.285. The lowest BCUT2D eigenvalue weighted by Crippen LogP contribution is -2.50. The standard InChI is InChI=1S/C9H20O4Si/c1-10-8-6-5-7-9(8)14(11-2,12-3)13-4/h8-9H,5-7H2,1-4H3. The van der Waals surface area contributed by atoms with Crippen LogP contribution in [-0.2, 0) is 18.0 Å². The Bertz CT molecular complexity index is 164. The monoisotopic (exact) mass is 220 g/mol. The molecule has 0 radical (unpaired) electrons. The summed E-state index contributed by atoms with van der Waals surface area (Å²) in [6.07, 6.45) is 3.53. The Labute approximate surface area is 86.9 Å². The molecule has 0 aromatic heterocycles. The van der Waals surface area contributed by atoms with E-state index in [1.807, 2.05) is 0 Å². The van der Waals surface area contributed by atoms with Crippen molar-refractivity contribution in [3.8, 4) is 0 Å². The Morgan fingerprint density at radius 3 is 1.93 bits per heavy atom. The lowest BCUT2D eigenvalue weighted by atomic mass is 10.3. The summed E-state index contributed by atoms with van der Waals surface area (Å²) in [6.45, 7) is 0. The highest BCUT2D eigenvalue weighted by molar-refractivity contribution is 6.62. The SMILES string of the molecule is COC1CCCC1[Si](OC)(OC)OC. The van der Waals surface area contributed by atoms with E-state index >= 15 is 0 Å². The second-order valence-electron chi connectivity index (χ2n) is 3.53. The summed E-state index contributed by atoms with van der Waals surface area (Å²) in [7, 11) is 4.22. The van der Waals surface area contributed by atoms with Gasteiger partial charge in [-0.2, -0.15) is 0 Å². The van der Waals surface area contributed by atoms with Crippen LogP contribution in [0.1, 0.15) is 19.3 Å². The number of hydrogen-bond donors (Lipinski definition) is 0. The van der Waals surface area contributed by atoms with E-state index in [9.17, 15) is 0 Å². The van der Waals surface area contributed by atoms with Crippen molar-refractivity contribution in [3.05, 3.63) is 0 Å². The van der Waals surface area contributed by atoms with Crippen LogP contribution in [0.2, 0.25) is 5.54 Å². The molecule has 0 amide bonds. The van der Waals surface area contributed by atoms with Gasteiger partial charge in [-0.1, -0.05) is 6.42 Å². The Kier molecular flexibility index (Phi) is 4.53. The highest BCUT2D eigenvalue weighted by Gasteiger charge is 2.52. The maximum atomic E-state index is 5.47. The van der Waals surface area contributed by atoms with Crippen LogP contribution in [0.25, 0.3) is 0 Å². The van der Waals surface area contributed by atoms with Gasteiger partial charge in [0, 0.05) is 28.4 Å². The molecule has 2 unspecified atom stereocenters. The number of hydrogen-bond acceptors (Lipinski definition) is 4. The lowest BCUT2D eigenvalue weighted by molar-refractivity contribution is 0.0572. The molecule has 84 valence electrons. The topological polar surface area (TPSA) is 36.9 Å². The first kappa shape index (κ1) is 12.1. The molecule has 14 heavy (non-hydrogen) atoms. The molecule has 1 aliphatic rings. The van der Waals surface area contributed by atoms with Crippen molar-refractivity contribution in [2.75, 3.05) is 28.4 Å². The van der Waals surface area contributed by atoms with Crippen LogP contribution in [0.5, 0.6) is 0 Å². The summed E-state index contributed by atoms with van der Waals surface area (Å²) in [5.74, 6) is 0. The van der Waals surface area contributed by atoms with Crippen molar-refractivity contribution in [2.45, 2.75) is 30.9 Å². The number of methoxy groups -OCH3 is 1. The Morgan fingerprint density at radius 2 is 1.50 bits per heavy atom. The summed E-state index contributed by atoms with van der Waals surface area (Å²) < 4.78 is 21.8. The van der Waals surface area contributed by atoms with Crippen molar-refractivity contribution >= 4 is 8.80 Å². The number of rotatable bonds is 5. The van der Waals surface area contributed by atoms with Crippen LogP contribution < -0.4 is 0 Å². The van der Waals surface area contributed by atoms with Crippen molar-refractivity contribution < 1.29 is 18.0 Å². The van der Waals surface area contributed by atoms with E-state index in [1.165, 1.54) is 0 Å². The van der Waals surface area contributed by atoms with E-state index in [0.717, 1.165) is 19.3 Å². The second-order valence-corrected chi connectivity index (χ2v) is 6.70. The molecule has 1 rings (SSSR count). The van der Waals surface area contributed by atoms with Crippen molar-refractivity contribution in [1.82, 2.24) is 0 Å². The molecule has 1 saturated carbocycles. The second kappa shape index (κ2) is 5.23. The first-order valence-corrected chi connectivity index (χ1v) is 6.72. The summed E-state index contributed by atoms with van der Waals surface area (Å²) in [6, 6.07) is 0. The molecule has 0 bridgehead atoms. The maximum absolute atomic E-state index is 5.47. The zero-order valence-electron chi connectivity index (χ0n) is 9.41. The van der Waals surface area contributed by atoms with Crippen LogP contribution in [0.3, 0.4) is 0 Å². The molecule has 2 atom stereocenters. The highest BCUT2D eigenvalue weighted by Crippen LogP contribution is 2.41. The van der Waals surface area contributed by atoms with Gasteiger partial charge in [0.2, 0.25) is 0 Å². The summed E-state index contributed by atoms with van der Waals surface area (Å²) >= 11 is 0. The van der Waals surface area contributed by atoms with Crippen LogP contribution in [0.4, 0.5) is 0 Å². The first-order valence-electron chi connectivity index (χ1n) is 4.92. The summed E-state index contributed by atoms with van der Waals surface area (Å²) in [4.78, 5) is 0. The lowest BCUT2D eigenvalue weighted by Gasteiger charge is -2.32. The molecule has 0 saturated heterocycles. The van der Waals surface area contributed by atoms with E-state index in [4.69, 9.17) is 18.0 Å². The van der Waals surface area contributed by atoms with E-state index in [-0.39, 0.29) is 11.6 Å². The minimum atomic E-state index is -2.49. The fraction of sp³-hybridized carbons (Fsp3) is 1.00. The molecule has 0 spiro atoms. The maximum Gasteiger partial charge on any atom is 0.506 e. The fourth-order valence-electron chi connectivity index (χ4n) is 2.32. The molecular formula is C9H20O4Si. The van der Waals surface area contributed by atoms with Crippen LogP contribution in [0, 0.1) is 0 Å². The predicted molar refractivity (Wildman–Crippen MR) is 55.2 cm³/mol. The molecule has 0 aromatic carbocycles. The van der Waals surface area contributed by atoms with Gasteiger partial charge < -0.3 is 18.0 Å². The van der Waals surface area contributed by atoms with Gasteiger partial charge >= 0.3 is 8.80 Å². The molecule has 1 fully saturated rings. The van der Waals surface area contributed by atoms with Gasteiger partial charge in [-0.05, 0) is 12.8 Å². The van der Waals surface area contributed by atoms with Gasteiger partial charge in [0.15, 0.2) is 0 Å². The van der Waals surface area contributed by atoms with Gasteiger partial charge in [0.1, 0.15) is 0 Å². The minimum absolute atomic E-state index is 0.224. The quantitative estimate of drug-likeness (QED) is 0.657. The highest BCUT2D eigenvalue weighted by atomic mass is 28.4. The normalized spacial score (nSPS) is 28.3. The van der Waals surface area contributed by atoms with Gasteiger partial charge in [-0.3, -0.25) is 0 Å². The average molecular weight is 220 g/mol. The minimum Gasteiger partial charge on any atom is -0.381 e. The van der Waals surface area contributed by atoms with Gasteiger partial charge in [-0.15, -0.1) is 0 Å². The first-order chi connectivity index (χ1) is 6.74. The fourth-order valence-corrected chi connectivity index (χ4v) is 5.04. The Hall–Kier alpha value is 0.0569. The molecule has 0 aromatic rings.